The van der Waals surface area contributed by atoms with Crippen LogP contribution in [0.25, 0.3) is 27.9 Å². The lowest BCUT2D eigenvalue weighted by Gasteiger charge is -2.12. The second kappa shape index (κ2) is 6.70. The second-order valence-electron chi connectivity index (χ2n) is 5.77. The van der Waals surface area contributed by atoms with Crippen LogP contribution in [-0.4, -0.2) is 14.6 Å². The Kier molecular flexibility index (Phi) is 4.38. The molecule has 0 saturated heterocycles. The third-order valence-electron chi connectivity index (χ3n) is 4.13. The Morgan fingerprint density at radius 1 is 1.12 bits per heavy atom. The summed E-state index contributed by atoms with van der Waals surface area (Å²) in [6, 6.07) is 14.8. The molecule has 0 fully saturated rings. The van der Waals surface area contributed by atoms with Crippen LogP contribution in [-0.2, 0) is 6.67 Å². The van der Waals surface area contributed by atoms with E-state index in [0.29, 0.717) is 27.6 Å². The van der Waals surface area contributed by atoms with E-state index < -0.39 is 6.67 Å². The Hall–Kier alpha value is -2.44. The van der Waals surface area contributed by atoms with E-state index in [4.69, 9.17) is 17.3 Å². The first-order valence-corrected chi connectivity index (χ1v) is 8.99. The van der Waals surface area contributed by atoms with E-state index in [1.807, 2.05) is 30.3 Å². The van der Waals surface area contributed by atoms with Crippen LogP contribution in [0.3, 0.4) is 0 Å². The zero-order valence-corrected chi connectivity index (χ0v) is 15.8. The van der Waals surface area contributed by atoms with Crippen LogP contribution in [0.15, 0.2) is 59.2 Å². The van der Waals surface area contributed by atoms with E-state index in [-0.39, 0.29) is 5.69 Å². The van der Waals surface area contributed by atoms with Gasteiger partial charge in [-0.25, -0.2) is 9.37 Å². The van der Waals surface area contributed by atoms with Crippen LogP contribution in [0, 0.1) is 0 Å². The lowest BCUT2D eigenvalue weighted by Crippen LogP contribution is -2.07. The molecule has 4 aromatic rings. The van der Waals surface area contributed by atoms with Crippen LogP contribution in [0.1, 0.15) is 5.69 Å². The molecule has 2 N–H and O–H groups in total. The quantitative estimate of drug-likeness (QED) is 0.464. The van der Waals surface area contributed by atoms with Crippen LogP contribution >= 0.6 is 27.5 Å². The first-order chi connectivity index (χ1) is 12.6. The number of nitrogen functional groups attached to an aromatic ring is 1. The Balaban J connectivity index is 1.99. The van der Waals surface area contributed by atoms with E-state index in [9.17, 15) is 4.39 Å². The van der Waals surface area contributed by atoms with Crippen LogP contribution < -0.4 is 5.73 Å². The number of hydrogen-bond donors (Lipinski definition) is 1. The zero-order valence-electron chi connectivity index (χ0n) is 13.5. The van der Waals surface area contributed by atoms with Gasteiger partial charge in [-0.15, -0.1) is 0 Å². The fourth-order valence-corrected chi connectivity index (χ4v) is 3.57. The van der Waals surface area contributed by atoms with Gasteiger partial charge in [0.1, 0.15) is 12.5 Å². The fourth-order valence-electron chi connectivity index (χ4n) is 2.98. The minimum absolute atomic E-state index is 0.258. The number of rotatable bonds is 3. The number of hydrogen-bond acceptors (Lipinski definition) is 3. The molecule has 0 amide bonds. The number of nitrogens with zero attached hydrogens (tertiary/aromatic N) is 3. The molecule has 0 aliphatic rings. The van der Waals surface area contributed by atoms with Crippen molar-refractivity contribution in [3.8, 4) is 22.3 Å². The number of halogens is 3. The van der Waals surface area contributed by atoms with Crippen molar-refractivity contribution in [1.29, 1.82) is 0 Å². The minimum Gasteiger partial charge on any atom is -0.383 e. The molecule has 0 aliphatic carbocycles. The van der Waals surface area contributed by atoms with Crippen molar-refractivity contribution in [2.75, 3.05) is 5.73 Å². The van der Waals surface area contributed by atoms with E-state index >= 15 is 0 Å². The lowest BCUT2D eigenvalue weighted by atomic mass is 10.0. The number of alkyl halides is 1. The number of aromatic nitrogens is 3. The molecule has 7 heteroatoms. The maximum atomic E-state index is 13.8. The molecule has 2 aromatic heterocycles. The highest BCUT2D eigenvalue weighted by Crippen LogP contribution is 2.34. The molecule has 0 saturated carbocycles. The monoisotopic (exact) mass is 430 g/mol. The van der Waals surface area contributed by atoms with Crippen molar-refractivity contribution in [3.05, 3.63) is 69.9 Å². The molecule has 2 aromatic carbocycles. The van der Waals surface area contributed by atoms with Crippen molar-refractivity contribution < 1.29 is 4.39 Å². The molecule has 26 heavy (non-hydrogen) atoms. The Morgan fingerprint density at radius 3 is 2.62 bits per heavy atom. The van der Waals surface area contributed by atoms with E-state index in [1.165, 1.54) is 4.52 Å². The fraction of sp³-hybridized carbons (Fsp3) is 0.0526. The van der Waals surface area contributed by atoms with Gasteiger partial charge in [0.15, 0.2) is 5.65 Å². The lowest BCUT2D eigenvalue weighted by molar-refractivity contribution is 0.477. The van der Waals surface area contributed by atoms with Crippen molar-refractivity contribution >= 4 is 39.0 Å². The molecule has 0 bridgehead atoms. The summed E-state index contributed by atoms with van der Waals surface area (Å²) in [5.74, 6) is 0.325. The molecule has 0 aliphatic heterocycles. The molecule has 2 heterocycles. The first kappa shape index (κ1) is 17.0. The third kappa shape index (κ3) is 2.85. The summed E-state index contributed by atoms with van der Waals surface area (Å²) < 4.78 is 16.3. The van der Waals surface area contributed by atoms with Crippen molar-refractivity contribution in [3.63, 3.8) is 0 Å². The highest BCUT2D eigenvalue weighted by atomic mass is 79.9. The van der Waals surface area contributed by atoms with Gasteiger partial charge in [-0.2, -0.15) is 9.61 Å². The van der Waals surface area contributed by atoms with Crippen molar-refractivity contribution in [1.82, 2.24) is 14.6 Å². The maximum Gasteiger partial charge on any atom is 0.165 e. The molecule has 0 atom stereocenters. The number of anilines is 1. The third-order valence-corrected chi connectivity index (χ3v) is 4.86. The predicted octanol–water partition coefficient (Wildman–Crippen LogP) is 5.53. The van der Waals surface area contributed by atoms with E-state index in [2.05, 4.69) is 26.0 Å². The van der Waals surface area contributed by atoms with E-state index in [1.54, 1.807) is 24.4 Å². The topological polar surface area (TPSA) is 56.2 Å². The summed E-state index contributed by atoms with van der Waals surface area (Å²) >= 11 is 9.54. The summed E-state index contributed by atoms with van der Waals surface area (Å²) in [6.07, 6.45) is 1.68. The normalized spacial score (nSPS) is 11.2. The predicted molar refractivity (Wildman–Crippen MR) is 106 cm³/mol. The van der Waals surface area contributed by atoms with Gasteiger partial charge < -0.3 is 5.73 Å². The minimum atomic E-state index is -0.744. The van der Waals surface area contributed by atoms with Gasteiger partial charge in [-0.05, 0) is 35.4 Å². The summed E-state index contributed by atoms with van der Waals surface area (Å²) in [6.45, 7) is -0.744. The molecule has 4 nitrogen and oxygen atoms in total. The summed E-state index contributed by atoms with van der Waals surface area (Å²) in [7, 11) is 0. The molecular formula is C19H13BrClFN4. The SMILES string of the molecule is Nc1c(-c2cccc(Cl)c2)c(CF)nc2c(-c3cccc(Br)c3)cnn12. The average molecular weight is 432 g/mol. The van der Waals surface area contributed by atoms with Crippen LogP contribution in [0.4, 0.5) is 10.2 Å². The summed E-state index contributed by atoms with van der Waals surface area (Å²) in [5.41, 5.74) is 10.0. The average Bonchev–Trinajstić information content (AvgIpc) is 3.05. The number of fused-ring (bicyclic) bond motifs is 1. The van der Waals surface area contributed by atoms with Gasteiger partial charge >= 0.3 is 0 Å². The Labute approximate surface area is 162 Å². The molecule has 0 spiro atoms. The molecule has 0 radical (unpaired) electrons. The van der Waals surface area contributed by atoms with Gasteiger partial charge in [0.05, 0.1) is 11.9 Å². The summed E-state index contributed by atoms with van der Waals surface area (Å²) in [4.78, 5) is 4.51. The van der Waals surface area contributed by atoms with Gasteiger partial charge in [0.25, 0.3) is 0 Å². The number of benzene rings is 2. The summed E-state index contributed by atoms with van der Waals surface area (Å²) in [5, 5.41) is 4.91. The smallest absolute Gasteiger partial charge is 0.165 e. The van der Waals surface area contributed by atoms with E-state index in [0.717, 1.165) is 15.6 Å². The maximum absolute atomic E-state index is 13.8. The van der Waals surface area contributed by atoms with Gasteiger partial charge in [-0.1, -0.05) is 51.8 Å². The molecular weight excluding hydrogens is 419 g/mol. The highest BCUT2D eigenvalue weighted by Gasteiger charge is 2.19. The zero-order chi connectivity index (χ0) is 18.3. The highest BCUT2D eigenvalue weighted by molar-refractivity contribution is 9.10. The van der Waals surface area contributed by atoms with Crippen LogP contribution in [0.2, 0.25) is 5.02 Å². The largest absolute Gasteiger partial charge is 0.383 e. The molecule has 0 unspecified atom stereocenters. The van der Waals surface area contributed by atoms with Gasteiger partial charge in [0, 0.05) is 20.6 Å². The van der Waals surface area contributed by atoms with Gasteiger partial charge in [-0.3, -0.25) is 0 Å². The van der Waals surface area contributed by atoms with Gasteiger partial charge in [0.2, 0.25) is 0 Å². The first-order valence-electron chi connectivity index (χ1n) is 7.82. The second-order valence-corrected chi connectivity index (χ2v) is 7.12. The Bertz CT molecular complexity index is 1130. The molecule has 4 rings (SSSR count). The Morgan fingerprint density at radius 2 is 1.88 bits per heavy atom. The molecule has 130 valence electrons. The van der Waals surface area contributed by atoms with Crippen LogP contribution in [0.5, 0.6) is 0 Å². The standard InChI is InChI=1S/C19H13BrClFN4/c20-13-5-1-3-11(7-13)15-10-24-26-18(23)17(16(9-22)25-19(15)26)12-4-2-6-14(21)8-12/h1-8,10H,9,23H2. The number of nitrogens with two attached hydrogens (primary N) is 1. The van der Waals surface area contributed by atoms with Crippen molar-refractivity contribution in [2.45, 2.75) is 6.67 Å². The van der Waals surface area contributed by atoms with Crippen molar-refractivity contribution in [2.24, 2.45) is 0 Å².